The van der Waals surface area contributed by atoms with Crippen molar-refractivity contribution in [3.05, 3.63) is 70.4 Å². The van der Waals surface area contributed by atoms with E-state index in [4.69, 9.17) is 16.3 Å². The van der Waals surface area contributed by atoms with Crippen LogP contribution in [0.1, 0.15) is 24.9 Å². The van der Waals surface area contributed by atoms with Gasteiger partial charge in [-0.2, -0.15) is 0 Å². The number of carbonyl (C=O) groups excluding carboxylic acids is 2. The first-order valence-corrected chi connectivity index (χ1v) is 11.5. The van der Waals surface area contributed by atoms with Crippen LogP contribution in [-0.2, 0) is 9.53 Å². The molecule has 1 fully saturated rings. The van der Waals surface area contributed by atoms with Gasteiger partial charge in [0.2, 0.25) is 0 Å². The molecule has 0 unspecified atom stereocenters. The summed E-state index contributed by atoms with van der Waals surface area (Å²) < 4.78 is 5.06. The number of nitrogens with one attached hydrogen (secondary N) is 2. The van der Waals surface area contributed by atoms with Gasteiger partial charge >= 0.3 is 12.0 Å². The molecule has 2 aliphatic rings. The zero-order valence-electron chi connectivity index (χ0n) is 17.7. The highest BCUT2D eigenvalue weighted by Gasteiger charge is 2.37. The van der Waals surface area contributed by atoms with Crippen LogP contribution in [-0.4, -0.2) is 41.5 Å². The van der Waals surface area contributed by atoms with Crippen molar-refractivity contribution in [2.24, 2.45) is 4.99 Å². The molecule has 0 bridgehead atoms. The number of halogens is 1. The minimum Gasteiger partial charge on any atom is -0.466 e. The van der Waals surface area contributed by atoms with E-state index in [9.17, 15) is 9.59 Å². The SMILES string of the molecule is COC(=O)C1=C(C)N=C2SCCCN2[C@H]1c1ccc(NC(=O)Nc2ccc(Cl)cc2)cc1. The number of amides is 2. The van der Waals surface area contributed by atoms with E-state index < -0.39 is 0 Å². The number of amidine groups is 1. The third kappa shape index (κ3) is 4.76. The smallest absolute Gasteiger partial charge is 0.338 e. The Kier molecular flexibility index (Phi) is 6.72. The summed E-state index contributed by atoms with van der Waals surface area (Å²) in [5.74, 6) is 0.629. The number of nitrogens with zero attached hydrogens (tertiary/aromatic N) is 2. The van der Waals surface area contributed by atoms with Gasteiger partial charge in [-0.05, 0) is 55.3 Å². The Bertz CT molecular complexity index is 1080. The zero-order valence-corrected chi connectivity index (χ0v) is 19.3. The molecule has 0 aliphatic carbocycles. The highest BCUT2D eigenvalue weighted by Crippen LogP contribution is 2.40. The van der Waals surface area contributed by atoms with E-state index in [1.165, 1.54) is 7.11 Å². The van der Waals surface area contributed by atoms with Crippen LogP contribution >= 0.6 is 23.4 Å². The summed E-state index contributed by atoms with van der Waals surface area (Å²) in [6.45, 7) is 2.66. The monoisotopic (exact) mass is 470 g/mol. The third-order valence-electron chi connectivity index (χ3n) is 5.25. The van der Waals surface area contributed by atoms with Gasteiger partial charge in [0.05, 0.1) is 24.4 Å². The van der Waals surface area contributed by atoms with Gasteiger partial charge < -0.3 is 20.3 Å². The first-order chi connectivity index (χ1) is 15.5. The van der Waals surface area contributed by atoms with Gasteiger partial charge in [0, 0.05) is 28.7 Å². The molecule has 2 aliphatic heterocycles. The molecular formula is C23H23ClN4O3S. The third-order valence-corrected chi connectivity index (χ3v) is 6.58. The highest BCUT2D eigenvalue weighted by atomic mass is 35.5. The maximum atomic E-state index is 12.6. The number of rotatable bonds is 4. The van der Waals surface area contributed by atoms with Crippen molar-refractivity contribution in [3.63, 3.8) is 0 Å². The Hall–Kier alpha value is -2.97. The lowest BCUT2D eigenvalue weighted by Crippen LogP contribution is -2.42. The number of esters is 1. The molecule has 0 spiro atoms. The van der Waals surface area contributed by atoms with E-state index in [0.717, 1.165) is 29.4 Å². The van der Waals surface area contributed by atoms with Crippen LogP contribution in [0, 0.1) is 0 Å². The van der Waals surface area contributed by atoms with Crippen molar-refractivity contribution in [2.75, 3.05) is 30.0 Å². The first kappa shape index (κ1) is 22.2. The molecule has 32 heavy (non-hydrogen) atoms. The number of methoxy groups -OCH3 is 1. The molecule has 2 heterocycles. The molecule has 0 aromatic heterocycles. The topological polar surface area (TPSA) is 83.0 Å². The summed E-state index contributed by atoms with van der Waals surface area (Å²) in [4.78, 5) is 31.7. The molecule has 9 heteroatoms. The molecule has 1 saturated heterocycles. The van der Waals surface area contributed by atoms with Gasteiger partial charge in [0.15, 0.2) is 5.17 Å². The van der Waals surface area contributed by atoms with Crippen LogP contribution in [0.15, 0.2) is 64.8 Å². The average Bonchev–Trinajstić information content (AvgIpc) is 2.80. The van der Waals surface area contributed by atoms with Crippen molar-refractivity contribution in [1.29, 1.82) is 0 Å². The van der Waals surface area contributed by atoms with Crippen molar-refractivity contribution < 1.29 is 14.3 Å². The van der Waals surface area contributed by atoms with E-state index in [2.05, 4.69) is 20.5 Å². The lowest BCUT2D eigenvalue weighted by molar-refractivity contribution is -0.136. The fourth-order valence-electron chi connectivity index (χ4n) is 3.76. The van der Waals surface area contributed by atoms with Gasteiger partial charge in [-0.25, -0.2) is 14.6 Å². The number of allylic oxidation sites excluding steroid dienone is 1. The number of ether oxygens (including phenoxy) is 1. The van der Waals surface area contributed by atoms with E-state index in [1.54, 1.807) is 36.0 Å². The van der Waals surface area contributed by atoms with E-state index in [-0.39, 0.29) is 18.0 Å². The summed E-state index contributed by atoms with van der Waals surface area (Å²) in [5, 5.41) is 7.11. The van der Waals surface area contributed by atoms with Gasteiger partial charge in [0.25, 0.3) is 0 Å². The number of hydrogen-bond donors (Lipinski definition) is 2. The van der Waals surface area contributed by atoms with E-state index in [1.807, 2.05) is 31.2 Å². The van der Waals surface area contributed by atoms with Crippen LogP contribution in [0.5, 0.6) is 0 Å². The second kappa shape index (κ2) is 9.67. The van der Waals surface area contributed by atoms with Crippen LogP contribution in [0.4, 0.5) is 16.2 Å². The number of thioether (sulfide) groups is 1. The molecule has 2 aromatic rings. The fourth-order valence-corrected chi connectivity index (χ4v) is 4.91. The molecule has 166 valence electrons. The second-order valence-electron chi connectivity index (χ2n) is 7.39. The summed E-state index contributed by atoms with van der Waals surface area (Å²) in [5.41, 5.74) is 3.43. The first-order valence-electron chi connectivity index (χ1n) is 10.2. The van der Waals surface area contributed by atoms with Crippen LogP contribution in [0.2, 0.25) is 5.02 Å². The molecule has 2 amide bonds. The molecule has 2 aromatic carbocycles. The lowest BCUT2D eigenvalue weighted by atomic mass is 9.94. The number of anilines is 2. The zero-order chi connectivity index (χ0) is 22.7. The molecule has 0 radical (unpaired) electrons. The highest BCUT2D eigenvalue weighted by molar-refractivity contribution is 8.13. The van der Waals surface area contributed by atoms with Crippen molar-refractivity contribution in [3.8, 4) is 0 Å². The molecule has 0 saturated carbocycles. The van der Waals surface area contributed by atoms with E-state index >= 15 is 0 Å². The van der Waals surface area contributed by atoms with Crippen molar-refractivity contribution >= 4 is 51.9 Å². The Morgan fingerprint density at radius 1 is 1.09 bits per heavy atom. The predicted octanol–water partition coefficient (Wildman–Crippen LogP) is 5.28. The summed E-state index contributed by atoms with van der Waals surface area (Å²) in [6.07, 6.45) is 1.01. The van der Waals surface area contributed by atoms with Gasteiger partial charge in [-0.15, -0.1) is 0 Å². The van der Waals surface area contributed by atoms with Gasteiger partial charge in [-0.1, -0.05) is 35.5 Å². The largest absolute Gasteiger partial charge is 0.466 e. The molecular weight excluding hydrogens is 448 g/mol. The van der Waals surface area contributed by atoms with Crippen molar-refractivity contribution in [1.82, 2.24) is 4.90 Å². The summed E-state index contributed by atoms with van der Waals surface area (Å²) in [6, 6.07) is 13.7. The maximum absolute atomic E-state index is 12.6. The summed E-state index contributed by atoms with van der Waals surface area (Å²) >= 11 is 7.58. The predicted molar refractivity (Wildman–Crippen MR) is 129 cm³/mol. The average molecular weight is 471 g/mol. The lowest BCUT2D eigenvalue weighted by Gasteiger charge is -2.40. The minimum atomic E-state index is -0.379. The molecule has 1 atom stereocenters. The Morgan fingerprint density at radius 3 is 2.34 bits per heavy atom. The standard InChI is InChI=1S/C23H23ClN4O3S/c1-14-19(21(29)31-2)20(28-12-3-13-32-23(28)25-14)15-4-8-17(9-5-15)26-22(30)27-18-10-6-16(24)7-11-18/h4-11,20H,3,12-13H2,1-2H3,(H2,26,27,30)/t20-/m0/s1. The number of benzene rings is 2. The molecule has 7 nitrogen and oxygen atoms in total. The minimum absolute atomic E-state index is 0.278. The maximum Gasteiger partial charge on any atom is 0.338 e. The van der Waals surface area contributed by atoms with Gasteiger partial charge in [-0.3, -0.25) is 0 Å². The quantitative estimate of drug-likeness (QED) is 0.594. The second-order valence-corrected chi connectivity index (χ2v) is 8.89. The van der Waals surface area contributed by atoms with Crippen LogP contribution in [0.3, 0.4) is 0 Å². The number of carbonyl (C=O) groups is 2. The van der Waals surface area contributed by atoms with Crippen LogP contribution < -0.4 is 10.6 Å². The van der Waals surface area contributed by atoms with Crippen LogP contribution in [0.25, 0.3) is 0 Å². The molecule has 2 N–H and O–H groups in total. The fraction of sp³-hybridized carbons (Fsp3) is 0.261. The number of urea groups is 1. The Morgan fingerprint density at radius 2 is 1.72 bits per heavy atom. The summed E-state index contributed by atoms with van der Waals surface area (Å²) in [7, 11) is 1.39. The molecule has 4 rings (SSSR count). The number of aliphatic imine (C=N–C) groups is 1. The van der Waals surface area contributed by atoms with E-state index in [0.29, 0.717) is 27.7 Å². The number of fused-ring (bicyclic) bond motifs is 1. The number of hydrogen-bond acceptors (Lipinski definition) is 6. The normalized spacial score (nSPS) is 17.9. The van der Waals surface area contributed by atoms with Gasteiger partial charge in [0.1, 0.15) is 0 Å². The Balaban J connectivity index is 1.54. The Labute approximate surface area is 195 Å². The van der Waals surface area contributed by atoms with Crippen molar-refractivity contribution in [2.45, 2.75) is 19.4 Å².